The molecule has 0 fully saturated rings. The second-order valence-corrected chi connectivity index (χ2v) is 3.31. The van der Waals surface area contributed by atoms with Crippen molar-refractivity contribution < 1.29 is 9.18 Å². The van der Waals surface area contributed by atoms with Crippen molar-refractivity contribution in [3.63, 3.8) is 0 Å². The Morgan fingerprint density at radius 2 is 2.08 bits per heavy atom. The number of carbonyl (C=O) groups excluding carboxylic acids is 1. The van der Waals surface area contributed by atoms with Gasteiger partial charge in [0.15, 0.2) is 5.78 Å². The summed E-state index contributed by atoms with van der Waals surface area (Å²) in [6, 6.07) is 2.83. The van der Waals surface area contributed by atoms with Crippen molar-refractivity contribution in [3.8, 4) is 0 Å². The Morgan fingerprint density at radius 3 is 2.85 bits per heavy atom. The van der Waals surface area contributed by atoms with Crippen molar-refractivity contribution >= 4 is 11.5 Å². The molecule has 2 rings (SSSR count). The van der Waals surface area contributed by atoms with Gasteiger partial charge in [0.05, 0.1) is 5.69 Å². The number of halogens is 1. The first-order valence-electron chi connectivity index (χ1n) is 4.29. The second kappa shape index (κ2) is 2.83. The lowest BCUT2D eigenvalue weighted by molar-refractivity contribution is 0.0972. The molecule has 13 heavy (non-hydrogen) atoms. The van der Waals surface area contributed by atoms with Crippen LogP contribution in [0.3, 0.4) is 0 Å². The molecule has 0 atom stereocenters. The van der Waals surface area contributed by atoms with E-state index in [1.165, 1.54) is 6.07 Å². The van der Waals surface area contributed by atoms with E-state index >= 15 is 0 Å². The van der Waals surface area contributed by atoms with E-state index in [9.17, 15) is 9.18 Å². The summed E-state index contributed by atoms with van der Waals surface area (Å²) in [7, 11) is 0. The highest BCUT2D eigenvalue weighted by molar-refractivity contribution is 5.98. The molecule has 0 heterocycles. The summed E-state index contributed by atoms with van der Waals surface area (Å²) >= 11 is 0. The van der Waals surface area contributed by atoms with Crippen LogP contribution in [0.2, 0.25) is 0 Å². The number of rotatable bonds is 0. The van der Waals surface area contributed by atoms with Crippen LogP contribution in [0, 0.1) is 5.82 Å². The lowest BCUT2D eigenvalue weighted by Gasteiger charge is -2.14. The molecule has 0 bridgehead atoms. The standard InChI is InChI=1S/C10H10FNO/c11-8-5-7-6(4-9(8)12)2-1-3-10(7)13/h4-5H,1-3,12H2. The van der Waals surface area contributed by atoms with Crippen molar-refractivity contribution in [2.45, 2.75) is 19.3 Å². The Morgan fingerprint density at radius 1 is 1.31 bits per heavy atom. The molecule has 0 amide bonds. The van der Waals surface area contributed by atoms with Gasteiger partial charge in [0, 0.05) is 12.0 Å². The summed E-state index contributed by atoms with van der Waals surface area (Å²) in [5.41, 5.74) is 6.93. The fourth-order valence-electron chi connectivity index (χ4n) is 1.68. The Labute approximate surface area is 75.6 Å². The molecule has 0 saturated heterocycles. The average Bonchev–Trinajstić information content (AvgIpc) is 2.09. The molecule has 0 aliphatic heterocycles. The third kappa shape index (κ3) is 1.30. The minimum atomic E-state index is -0.492. The monoisotopic (exact) mass is 179 g/mol. The van der Waals surface area contributed by atoms with Crippen LogP contribution in [0.5, 0.6) is 0 Å². The second-order valence-electron chi connectivity index (χ2n) is 3.31. The zero-order valence-corrected chi connectivity index (χ0v) is 7.14. The first-order chi connectivity index (χ1) is 6.18. The maximum absolute atomic E-state index is 13.0. The highest BCUT2D eigenvalue weighted by atomic mass is 19.1. The molecule has 2 nitrogen and oxygen atoms in total. The third-order valence-corrected chi connectivity index (χ3v) is 2.37. The number of nitrogen functional groups attached to an aromatic ring is 1. The molecule has 68 valence electrons. The van der Waals surface area contributed by atoms with Gasteiger partial charge in [-0.2, -0.15) is 0 Å². The number of anilines is 1. The van der Waals surface area contributed by atoms with Crippen LogP contribution < -0.4 is 5.73 Å². The number of benzene rings is 1. The van der Waals surface area contributed by atoms with Crippen LogP contribution in [0.25, 0.3) is 0 Å². The topological polar surface area (TPSA) is 43.1 Å². The largest absolute Gasteiger partial charge is 0.396 e. The van der Waals surface area contributed by atoms with Gasteiger partial charge >= 0.3 is 0 Å². The Bertz CT molecular complexity index is 373. The maximum Gasteiger partial charge on any atom is 0.163 e. The molecule has 1 aliphatic carbocycles. The SMILES string of the molecule is Nc1cc2c(cc1F)C(=O)CCC2. The van der Waals surface area contributed by atoms with Crippen LogP contribution in [0.1, 0.15) is 28.8 Å². The minimum absolute atomic E-state index is 0.0279. The molecule has 0 aromatic heterocycles. The van der Waals surface area contributed by atoms with Crippen LogP contribution in [-0.2, 0) is 6.42 Å². The summed E-state index contributed by atoms with van der Waals surface area (Å²) in [6.45, 7) is 0. The molecule has 0 saturated carbocycles. The summed E-state index contributed by atoms with van der Waals surface area (Å²) in [5, 5.41) is 0. The molecule has 1 aromatic rings. The van der Waals surface area contributed by atoms with E-state index in [0.717, 1.165) is 18.4 Å². The van der Waals surface area contributed by atoms with E-state index in [2.05, 4.69) is 0 Å². The number of fused-ring (bicyclic) bond motifs is 1. The number of hydrogen-bond acceptors (Lipinski definition) is 2. The van der Waals surface area contributed by atoms with Gasteiger partial charge in [0.2, 0.25) is 0 Å². The summed E-state index contributed by atoms with van der Waals surface area (Å²) in [4.78, 5) is 11.3. The number of hydrogen-bond donors (Lipinski definition) is 1. The Hall–Kier alpha value is -1.38. The van der Waals surface area contributed by atoms with E-state index in [-0.39, 0.29) is 11.5 Å². The van der Waals surface area contributed by atoms with Crippen LogP contribution >= 0.6 is 0 Å². The molecular formula is C10H10FNO. The van der Waals surface area contributed by atoms with E-state index < -0.39 is 5.82 Å². The zero-order chi connectivity index (χ0) is 9.42. The smallest absolute Gasteiger partial charge is 0.163 e. The maximum atomic E-state index is 13.0. The number of carbonyl (C=O) groups is 1. The molecular weight excluding hydrogens is 169 g/mol. The van der Waals surface area contributed by atoms with Gasteiger partial charge < -0.3 is 5.73 Å². The highest BCUT2D eigenvalue weighted by Crippen LogP contribution is 2.25. The Balaban J connectivity index is 2.58. The first kappa shape index (κ1) is 8.23. The molecule has 0 spiro atoms. The lowest BCUT2D eigenvalue weighted by Crippen LogP contribution is -2.12. The Kier molecular flexibility index (Phi) is 1.79. The van der Waals surface area contributed by atoms with Crippen molar-refractivity contribution in [1.82, 2.24) is 0 Å². The van der Waals surface area contributed by atoms with Gasteiger partial charge in [-0.3, -0.25) is 4.79 Å². The van der Waals surface area contributed by atoms with Gasteiger partial charge in [0.25, 0.3) is 0 Å². The predicted octanol–water partition coefficient (Wildman–Crippen LogP) is 1.93. The van der Waals surface area contributed by atoms with Crippen LogP contribution in [0.15, 0.2) is 12.1 Å². The van der Waals surface area contributed by atoms with Crippen LogP contribution in [-0.4, -0.2) is 5.78 Å². The van der Waals surface area contributed by atoms with Gasteiger partial charge in [-0.05, 0) is 30.5 Å². The van der Waals surface area contributed by atoms with Crippen molar-refractivity contribution in [1.29, 1.82) is 0 Å². The van der Waals surface area contributed by atoms with E-state index in [1.54, 1.807) is 6.07 Å². The van der Waals surface area contributed by atoms with Gasteiger partial charge in [-0.25, -0.2) is 4.39 Å². The van der Waals surface area contributed by atoms with Gasteiger partial charge in [0.1, 0.15) is 5.82 Å². The molecule has 1 aromatic carbocycles. The zero-order valence-electron chi connectivity index (χ0n) is 7.14. The number of Topliss-reactive ketones (excluding diaryl/α,β-unsaturated/α-hetero) is 1. The summed E-state index contributed by atoms with van der Waals surface area (Å²) in [6.07, 6.45) is 2.19. The highest BCUT2D eigenvalue weighted by Gasteiger charge is 2.18. The number of nitrogens with two attached hydrogens (primary N) is 1. The average molecular weight is 179 g/mol. The quantitative estimate of drug-likeness (QED) is 0.618. The van der Waals surface area contributed by atoms with E-state index in [0.29, 0.717) is 12.0 Å². The van der Waals surface area contributed by atoms with Crippen molar-refractivity contribution in [2.75, 3.05) is 5.73 Å². The number of aryl methyl sites for hydroxylation is 1. The van der Waals surface area contributed by atoms with E-state index in [4.69, 9.17) is 5.73 Å². The molecule has 1 aliphatic rings. The normalized spacial score (nSPS) is 15.6. The fraction of sp³-hybridized carbons (Fsp3) is 0.300. The first-order valence-corrected chi connectivity index (χ1v) is 4.29. The van der Waals surface area contributed by atoms with Gasteiger partial charge in [-0.15, -0.1) is 0 Å². The fourth-order valence-corrected chi connectivity index (χ4v) is 1.68. The molecule has 2 N–H and O–H groups in total. The number of ketones is 1. The molecule has 0 radical (unpaired) electrons. The molecule has 3 heteroatoms. The van der Waals surface area contributed by atoms with E-state index in [1.807, 2.05) is 0 Å². The molecule has 0 unspecified atom stereocenters. The predicted molar refractivity (Wildman–Crippen MR) is 48.1 cm³/mol. The minimum Gasteiger partial charge on any atom is -0.396 e. The van der Waals surface area contributed by atoms with Crippen molar-refractivity contribution in [2.24, 2.45) is 0 Å². The summed E-state index contributed by atoms with van der Waals surface area (Å²) < 4.78 is 13.0. The third-order valence-electron chi connectivity index (χ3n) is 2.37. The van der Waals surface area contributed by atoms with Crippen LogP contribution in [0.4, 0.5) is 10.1 Å². The van der Waals surface area contributed by atoms with Crippen molar-refractivity contribution in [3.05, 3.63) is 29.1 Å². The lowest BCUT2D eigenvalue weighted by atomic mass is 9.90. The van der Waals surface area contributed by atoms with Gasteiger partial charge in [-0.1, -0.05) is 0 Å². The summed E-state index contributed by atoms with van der Waals surface area (Å²) in [5.74, 6) is -0.464.